The van der Waals surface area contributed by atoms with Gasteiger partial charge in [0.2, 0.25) is 0 Å². The van der Waals surface area contributed by atoms with Gasteiger partial charge in [0.15, 0.2) is 0 Å². The van der Waals surface area contributed by atoms with Crippen LogP contribution < -0.4 is 5.73 Å². The van der Waals surface area contributed by atoms with E-state index in [1.165, 1.54) is 16.6 Å². The molecule has 0 saturated heterocycles. The summed E-state index contributed by atoms with van der Waals surface area (Å²) in [7, 11) is 2.00. The highest BCUT2D eigenvalue weighted by molar-refractivity contribution is 7.98. The summed E-state index contributed by atoms with van der Waals surface area (Å²) in [5.41, 5.74) is 7.99. The van der Waals surface area contributed by atoms with Crippen LogP contribution in [0, 0.1) is 5.92 Å². The maximum absolute atomic E-state index is 5.61. The molecule has 0 amide bonds. The number of rotatable bonds is 5. The minimum atomic E-state index is 0.579. The fourth-order valence-electron chi connectivity index (χ4n) is 1.82. The zero-order valence-corrected chi connectivity index (χ0v) is 11.2. The highest BCUT2D eigenvalue weighted by atomic mass is 32.2. The van der Waals surface area contributed by atoms with E-state index < -0.39 is 0 Å². The Kier molecular flexibility index (Phi) is 4.07. The molecule has 1 aromatic carbocycles. The Morgan fingerprint density at radius 3 is 2.94 bits per heavy atom. The van der Waals surface area contributed by atoms with Crippen molar-refractivity contribution in [3.63, 3.8) is 0 Å². The number of nitrogens with zero attached hydrogens (tertiary/aromatic N) is 2. The molecule has 92 valence electrons. The molecule has 0 bridgehead atoms. The quantitative estimate of drug-likeness (QED) is 0.885. The molecule has 0 saturated carbocycles. The van der Waals surface area contributed by atoms with Gasteiger partial charge in [-0.15, -0.1) is 0 Å². The Morgan fingerprint density at radius 1 is 1.41 bits per heavy atom. The zero-order chi connectivity index (χ0) is 12.3. The van der Waals surface area contributed by atoms with Gasteiger partial charge < -0.3 is 5.73 Å². The van der Waals surface area contributed by atoms with E-state index in [0.717, 1.165) is 18.1 Å². The number of benzene rings is 1. The molecule has 0 aliphatic heterocycles. The van der Waals surface area contributed by atoms with Crippen LogP contribution in [0.25, 0.3) is 10.9 Å². The monoisotopic (exact) mass is 249 g/mol. The van der Waals surface area contributed by atoms with Crippen LogP contribution in [-0.2, 0) is 12.8 Å². The van der Waals surface area contributed by atoms with E-state index in [2.05, 4.69) is 36.3 Å². The summed E-state index contributed by atoms with van der Waals surface area (Å²) in [5.74, 6) is 2.64. The van der Waals surface area contributed by atoms with Crippen LogP contribution in [0.15, 0.2) is 24.3 Å². The smallest absolute Gasteiger partial charge is 0.0802 e. The molecule has 2 aromatic rings. The molecule has 3 nitrogen and oxygen atoms in total. The van der Waals surface area contributed by atoms with Crippen molar-refractivity contribution in [1.82, 2.24) is 9.78 Å². The Labute approximate surface area is 106 Å². The molecule has 0 aliphatic rings. The molecule has 1 unspecified atom stereocenters. The zero-order valence-electron chi connectivity index (χ0n) is 10.4. The molecule has 0 radical (unpaired) electrons. The predicted octanol–water partition coefficient (Wildman–Crippen LogP) is 2.40. The second-order valence-electron chi connectivity index (χ2n) is 4.44. The van der Waals surface area contributed by atoms with Gasteiger partial charge in [0.05, 0.1) is 11.2 Å². The molecule has 17 heavy (non-hydrogen) atoms. The van der Waals surface area contributed by atoms with Crippen LogP contribution in [0.3, 0.4) is 0 Å². The molecular formula is C13H19N3S. The van der Waals surface area contributed by atoms with E-state index >= 15 is 0 Å². The SMILES string of the molecule is CC(CN)CSCc1nn(C)c2ccccc12. The summed E-state index contributed by atoms with van der Waals surface area (Å²) in [6.07, 6.45) is 0. The van der Waals surface area contributed by atoms with Crippen molar-refractivity contribution in [2.45, 2.75) is 12.7 Å². The molecule has 0 aliphatic carbocycles. The number of para-hydroxylation sites is 1. The molecule has 1 atom stereocenters. The minimum Gasteiger partial charge on any atom is -0.330 e. The topological polar surface area (TPSA) is 43.8 Å². The van der Waals surface area contributed by atoms with Gasteiger partial charge in [-0.25, -0.2) is 0 Å². The first-order valence-corrected chi connectivity index (χ1v) is 7.06. The van der Waals surface area contributed by atoms with E-state index in [1.54, 1.807) is 0 Å². The third kappa shape index (κ3) is 2.82. The fraction of sp³-hybridized carbons (Fsp3) is 0.462. The standard InChI is InChI=1S/C13H19N3S/c1-10(7-14)8-17-9-12-11-5-3-4-6-13(11)16(2)15-12/h3-6,10H,7-9,14H2,1-2H3. The van der Waals surface area contributed by atoms with Gasteiger partial charge >= 0.3 is 0 Å². The third-order valence-electron chi connectivity index (χ3n) is 2.88. The van der Waals surface area contributed by atoms with E-state index in [4.69, 9.17) is 5.73 Å². The maximum atomic E-state index is 5.61. The van der Waals surface area contributed by atoms with Gasteiger partial charge in [-0.05, 0) is 24.3 Å². The number of hydrogen-bond acceptors (Lipinski definition) is 3. The van der Waals surface area contributed by atoms with Crippen molar-refractivity contribution < 1.29 is 0 Å². The number of fused-ring (bicyclic) bond motifs is 1. The second-order valence-corrected chi connectivity index (χ2v) is 5.47. The number of aryl methyl sites for hydroxylation is 1. The highest BCUT2D eigenvalue weighted by Crippen LogP contribution is 2.22. The molecule has 0 fully saturated rings. The summed E-state index contributed by atoms with van der Waals surface area (Å²) in [6, 6.07) is 8.38. The number of aromatic nitrogens is 2. The summed E-state index contributed by atoms with van der Waals surface area (Å²) in [6.45, 7) is 2.94. The average Bonchev–Trinajstić information content (AvgIpc) is 2.67. The first-order chi connectivity index (χ1) is 8.22. The van der Waals surface area contributed by atoms with Gasteiger partial charge in [-0.1, -0.05) is 25.1 Å². The van der Waals surface area contributed by atoms with Gasteiger partial charge in [0.1, 0.15) is 0 Å². The molecule has 2 N–H and O–H groups in total. The number of hydrogen-bond donors (Lipinski definition) is 1. The molecule has 1 heterocycles. The summed E-state index contributed by atoms with van der Waals surface area (Å²) < 4.78 is 1.96. The largest absolute Gasteiger partial charge is 0.330 e. The van der Waals surface area contributed by atoms with Gasteiger partial charge in [0, 0.05) is 18.2 Å². The van der Waals surface area contributed by atoms with Crippen molar-refractivity contribution in [2.24, 2.45) is 18.7 Å². The van der Waals surface area contributed by atoms with Crippen molar-refractivity contribution in [2.75, 3.05) is 12.3 Å². The Hall–Kier alpha value is -1.00. The van der Waals surface area contributed by atoms with E-state index in [9.17, 15) is 0 Å². The molecule has 2 rings (SSSR count). The summed E-state index contributed by atoms with van der Waals surface area (Å²) in [4.78, 5) is 0. The Morgan fingerprint density at radius 2 is 2.18 bits per heavy atom. The highest BCUT2D eigenvalue weighted by Gasteiger charge is 2.08. The molecule has 0 spiro atoms. The van der Waals surface area contributed by atoms with Crippen LogP contribution in [0.5, 0.6) is 0 Å². The normalized spacial score (nSPS) is 13.1. The molecular weight excluding hydrogens is 230 g/mol. The first kappa shape index (κ1) is 12.5. The lowest BCUT2D eigenvalue weighted by Crippen LogP contribution is -2.12. The second kappa shape index (κ2) is 5.56. The van der Waals surface area contributed by atoms with E-state index in [0.29, 0.717) is 5.92 Å². The molecule has 4 heteroatoms. The van der Waals surface area contributed by atoms with Crippen molar-refractivity contribution in [3.05, 3.63) is 30.0 Å². The lowest BCUT2D eigenvalue weighted by molar-refractivity contribution is 0.675. The number of thioether (sulfide) groups is 1. The third-order valence-corrected chi connectivity index (χ3v) is 4.16. The van der Waals surface area contributed by atoms with E-state index in [-0.39, 0.29) is 0 Å². The summed E-state index contributed by atoms with van der Waals surface area (Å²) in [5, 5.41) is 5.84. The van der Waals surface area contributed by atoms with Gasteiger partial charge in [-0.3, -0.25) is 4.68 Å². The van der Waals surface area contributed by atoms with Gasteiger partial charge in [0.25, 0.3) is 0 Å². The average molecular weight is 249 g/mol. The van der Waals surface area contributed by atoms with Crippen LogP contribution in [0.2, 0.25) is 0 Å². The maximum Gasteiger partial charge on any atom is 0.0802 e. The summed E-state index contributed by atoms with van der Waals surface area (Å²) >= 11 is 1.91. The van der Waals surface area contributed by atoms with Crippen LogP contribution in [-0.4, -0.2) is 22.1 Å². The van der Waals surface area contributed by atoms with Crippen LogP contribution >= 0.6 is 11.8 Å². The molecule has 1 aromatic heterocycles. The van der Waals surface area contributed by atoms with Gasteiger partial charge in [-0.2, -0.15) is 16.9 Å². The fourth-order valence-corrected chi connectivity index (χ4v) is 2.88. The Bertz CT molecular complexity index is 492. The van der Waals surface area contributed by atoms with Crippen molar-refractivity contribution in [3.8, 4) is 0 Å². The Balaban J connectivity index is 2.09. The van der Waals surface area contributed by atoms with Crippen molar-refractivity contribution in [1.29, 1.82) is 0 Å². The first-order valence-electron chi connectivity index (χ1n) is 5.90. The predicted molar refractivity (Wildman–Crippen MR) is 75.1 cm³/mol. The van der Waals surface area contributed by atoms with Crippen LogP contribution in [0.1, 0.15) is 12.6 Å². The van der Waals surface area contributed by atoms with Crippen LogP contribution in [0.4, 0.5) is 0 Å². The number of nitrogens with two attached hydrogens (primary N) is 1. The lowest BCUT2D eigenvalue weighted by Gasteiger charge is -2.06. The van der Waals surface area contributed by atoms with Crippen molar-refractivity contribution >= 4 is 22.7 Å². The minimum absolute atomic E-state index is 0.579. The van der Waals surface area contributed by atoms with E-state index in [1.807, 2.05) is 23.5 Å². The lowest BCUT2D eigenvalue weighted by atomic mass is 10.2.